The molecule has 0 fully saturated rings. The number of rotatable bonds is 9. The minimum Gasteiger partial charge on any atom is -0.326 e. The van der Waals surface area contributed by atoms with Gasteiger partial charge in [0.2, 0.25) is 15.9 Å². The van der Waals surface area contributed by atoms with Crippen LogP contribution in [0, 0.1) is 0 Å². The average molecular weight is 443 g/mol. The summed E-state index contributed by atoms with van der Waals surface area (Å²) in [6.07, 6.45) is 1.44. The molecule has 30 heavy (non-hydrogen) atoms. The van der Waals surface area contributed by atoms with E-state index in [1.54, 1.807) is 48.5 Å². The molecule has 1 amide bonds. The Hall–Kier alpha value is -2.67. The summed E-state index contributed by atoms with van der Waals surface area (Å²) >= 11 is 5.83. The van der Waals surface area contributed by atoms with Crippen molar-refractivity contribution in [3.05, 3.63) is 95.0 Å². The summed E-state index contributed by atoms with van der Waals surface area (Å²) in [5, 5.41) is 3.42. The van der Waals surface area contributed by atoms with Crippen LogP contribution in [0.5, 0.6) is 0 Å². The molecule has 0 heterocycles. The van der Waals surface area contributed by atoms with Gasteiger partial charge in [-0.05, 0) is 60.4 Å². The summed E-state index contributed by atoms with van der Waals surface area (Å²) in [5.41, 5.74) is 2.66. The molecule has 0 unspecified atom stereocenters. The molecule has 3 rings (SSSR count). The Morgan fingerprint density at radius 3 is 2.10 bits per heavy atom. The fourth-order valence-corrected chi connectivity index (χ4v) is 4.07. The molecule has 0 radical (unpaired) electrons. The van der Waals surface area contributed by atoms with E-state index in [1.807, 2.05) is 30.3 Å². The highest BCUT2D eigenvalue weighted by Gasteiger charge is 2.13. The third kappa shape index (κ3) is 6.69. The monoisotopic (exact) mass is 442 g/mol. The molecule has 0 aliphatic rings. The lowest BCUT2D eigenvalue weighted by Crippen LogP contribution is -2.26. The van der Waals surface area contributed by atoms with Gasteiger partial charge in [-0.15, -0.1) is 0 Å². The van der Waals surface area contributed by atoms with Crippen molar-refractivity contribution in [2.75, 3.05) is 11.9 Å². The van der Waals surface area contributed by atoms with Crippen molar-refractivity contribution in [3.63, 3.8) is 0 Å². The van der Waals surface area contributed by atoms with Gasteiger partial charge in [0.05, 0.1) is 4.90 Å². The van der Waals surface area contributed by atoms with Crippen molar-refractivity contribution < 1.29 is 13.2 Å². The van der Waals surface area contributed by atoms with Gasteiger partial charge in [-0.2, -0.15) is 0 Å². The molecule has 5 nitrogen and oxygen atoms in total. The van der Waals surface area contributed by atoms with E-state index in [-0.39, 0.29) is 10.8 Å². The van der Waals surface area contributed by atoms with Crippen LogP contribution in [0.25, 0.3) is 0 Å². The maximum Gasteiger partial charge on any atom is 0.240 e. The fourth-order valence-electron chi connectivity index (χ4n) is 2.91. The van der Waals surface area contributed by atoms with E-state index in [0.717, 1.165) is 11.1 Å². The van der Waals surface area contributed by atoms with Crippen LogP contribution in [0.4, 0.5) is 5.69 Å². The molecule has 0 saturated heterocycles. The van der Waals surface area contributed by atoms with Gasteiger partial charge < -0.3 is 5.32 Å². The second-order valence-corrected chi connectivity index (χ2v) is 9.04. The molecule has 0 aliphatic carbocycles. The molecule has 0 bridgehead atoms. The van der Waals surface area contributed by atoms with Gasteiger partial charge >= 0.3 is 0 Å². The van der Waals surface area contributed by atoms with E-state index in [1.165, 1.54) is 0 Å². The first-order valence-corrected chi connectivity index (χ1v) is 11.5. The zero-order valence-electron chi connectivity index (χ0n) is 16.3. The molecule has 3 aromatic rings. The summed E-state index contributed by atoms with van der Waals surface area (Å²) in [5.74, 6) is -0.114. The van der Waals surface area contributed by atoms with E-state index in [2.05, 4.69) is 10.0 Å². The average Bonchev–Trinajstić information content (AvgIpc) is 2.75. The number of carbonyl (C=O) groups excluding carboxylic acids is 1. The summed E-state index contributed by atoms with van der Waals surface area (Å²) in [4.78, 5) is 12.3. The zero-order valence-corrected chi connectivity index (χ0v) is 17.9. The molecule has 156 valence electrons. The largest absolute Gasteiger partial charge is 0.326 e. The Bertz CT molecular complexity index is 1070. The first-order valence-electron chi connectivity index (χ1n) is 9.60. The highest BCUT2D eigenvalue weighted by molar-refractivity contribution is 7.89. The molecule has 0 atom stereocenters. The number of halogens is 1. The quantitative estimate of drug-likeness (QED) is 0.514. The van der Waals surface area contributed by atoms with Crippen LogP contribution in [0.2, 0.25) is 5.02 Å². The zero-order chi connectivity index (χ0) is 21.4. The SMILES string of the molecule is O=C(CCc1ccc(S(=O)(=O)NCCc2ccccc2)cc1)Nc1ccc(Cl)cc1. The standard InChI is InChI=1S/C23H23ClN2O3S/c24-20-9-11-21(12-10-20)26-23(27)15-8-19-6-13-22(14-7-19)30(28,29)25-17-16-18-4-2-1-3-5-18/h1-7,9-14,25H,8,15-17H2,(H,26,27). The second-order valence-electron chi connectivity index (χ2n) is 6.83. The van der Waals surface area contributed by atoms with Gasteiger partial charge in [-0.1, -0.05) is 54.1 Å². The van der Waals surface area contributed by atoms with E-state index in [9.17, 15) is 13.2 Å². The van der Waals surface area contributed by atoms with Crippen molar-refractivity contribution >= 4 is 33.2 Å². The Balaban J connectivity index is 1.48. The maximum absolute atomic E-state index is 12.4. The minimum absolute atomic E-state index is 0.114. The van der Waals surface area contributed by atoms with Crippen LogP contribution in [-0.2, 0) is 27.7 Å². The molecule has 0 saturated carbocycles. The summed E-state index contributed by atoms with van der Waals surface area (Å²) < 4.78 is 27.5. The molecule has 2 N–H and O–H groups in total. The number of hydrogen-bond donors (Lipinski definition) is 2. The number of hydrogen-bond acceptors (Lipinski definition) is 3. The third-order valence-electron chi connectivity index (χ3n) is 4.55. The molecule has 0 spiro atoms. The lowest BCUT2D eigenvalue weighted by Gasteiger charge is -2.08. The van der Waals surface area contributed by atoms with Gasteiger partial charge in [0, 0.05) is 23.7 Å². The van der Waals surface area contributed by atoms with Crippen LogP contribution in [-0.4, -0.2) is 20.9 Å². The molecule has 0 aromatic heterocycles. The number of benzene rings is 3. The molecule has 3 aromatic carbocycles. The number of anilines is 1. The number of aryl methyl sites for hydroxylation is 1. The molecule has 0 aliphatic heterocycles. The van der Waals surface area contributed by atoms with Crippen molar-refractivity contribution in [3.8, 4) is 0 Å². The van der Waals surface area contributed by atoms with Gasteiger partial charge in [-0.3, -0.25) is 4.79 Å². The predicted molar refractivity (Wildman–Crippen MR) is 120 cm³/mol. The van der Waals surface area contributed by atoms with Crippen LogP contribution in [0.15, 0.2) is 83.8 Å². The van der Waals surface area contributed by atoms with Crippen molar-refractivity contribution in [1.29, 1.82) is 0 Å². The van der Waals surface area contributed by atoms with E-state index in [0.29, 0.717) is 36.5 Å². The van der Waals surface area contributed by atoms with E-state index >= 15 is 0 Å². The van der Waals surface area contributed by atoms with E-state index in [4.69, 9.17) is 11.6 Å². The maximum atomic E-state index is 12.4. The van der Waals surface area contributed by atoms with Gasteiger partial charge in [0.1, 0.15) is 0 Å². The lowest BCUT2D eigenvalue weighted by molar-refractivity contribution is -0.116. The van der Waals surface area contributed by atoms with Crippen molar-refractivity contribution in [1.82, 2.24) is 4.72 Å². The second kappa shape index (κ2) is 10.4. The number of sulfonamides is 1. The highest BCUT2D eigenvalue weighted by Crippen LogP contribution is 2.15. The first kappa shape index (κ1) is 22.0. The highest BCUT2D eigenvalue weighted by atomic mass is 35.5. The van der Waals surface area contributed by atoms with Crippen LogP contribution in [0.1, 0.15) is 17.5 Å². The normalized spacial score (nSPS) is 11.2. The Morgan fingerprint density at radius 2 is 1.43 bits per heavy atom. The van der Waals surface area contributed by atoms with Gasteiger partial charge in [-0.25, -0.2) is 13.1 Å². The van der Waals surface area contributed by atoms with Crippen LogP contribution in [0.3, 0.4) is 0 Å². The Labute approximate surface area is 182 Å². The molecular formula is C23H23ClN2O3S. The summed E-state index contributed by atoms with van der Waals surface area (Å²) in [6, 6.07) is 23.2. The molecular weight excluding hydrogens is 420 g/mol. The number of nitrogens with one attached hydrogen (secondary N) is 2. The first-order chi connectivity index (χ1) is 14.4. The summed E-state index contributed by atoms with van der Waals surface area (Å²) in [6.45, 7) is 0.332. The van der Waals surface area contributed by atoms with Crippen molar-refractivity contribution in [2.45, 2.75) is 24.2 Å². The van der Waals surface area contributed by atoms with Crippen LogP contribution >= 0.6 is 11.6 Å². The Morgan fingerprint density at radius 1 is 0.800 bits per heavy atom. The summed E-state index contributed by atoms with van der Waals surface area (Å²) in [7, 11) is -3.56. The number of amides is 1. The minimum atomic E-state index is -3.56. The third-order valence-corrected chi connectivity index (χ3v) is 6.28. The fraction of sp³-hybridized carbons (Fsp3) is 0.174. The van der Waals surface area contributed by atoms with Gasteiger partial charge in [0.15, 0.2) is 0 Å². The lowest BCUT2D eigenvalue weighted by atomic mass is 10.1. The number of carbonyl (C=O) groups is 1. The van der Waals surface area contributed by atoms with E-state index < -0.39 is 10.0 Å². The topological polar surface area (TPSA) is 75.3 Å². The predicted octanol–water partition coefficient (Wildman–Crippen LogP) is 4.43. The van der Waals surface area contributed by atoms with Crippen molar-refractivity contribution in [2.24, 2.45) is 0 Å². The smallest absolute Gasteiger partial charge is 0.240 e. The van der Waals surface area contributed by atoms with Crippen LogP contribution < -0.4 is 10.0 Å². The van der Waals surface area contributed by atoms with Gasteiger partial charge in [0.25, 0.3) is 0 Å². The Kier molecular flexibility index (Phi) is 7.63. The molecule has 7 heteroatoms.